The third kappa shape index (κ3) is 4.89. The van der Waals surface area contributed by atoms with Crippen molar-refractivity contribution >= 4 is 16.6 Å². The highest BCUT2D eigenvalue weighted by Crippen LogP contribution is 2.31. The van der Waals surface area contributed by atoms with Gasteiger partial charge in [0.1, 0.15) is 5.69 Å². The lowest BCUT2D eigenvalue weighted by atomic mass is 9.83. The maximum Gasteiger partial charge on any atom is 0.114 e. The molecule has 2 fully saturated rings. The Labute approximate surface area is 213 Å². The van der Waals surface area contributed by atoms with E-state index in [0.717, 1.165) is 24.3 Å². The van der Waals surface area contributed by atoms with Crippen LogP contribution >= 0.6 is 0 Å². The van der Waals surface area contributed by atoms with Crippen LogP contribution in [-0.2, 0) is 13.1 Å². The smallest absolute Gasteiger partial charge is 0.114 e. The minimum atomic E-state index is 0.485. The van der Waals surface area contributed by atoms with Crippen molar-refractivity contribution in [2.75, 3.05) is 24.5 Å². The zero-order chi connectivity index (χ0) is 24.7. The van der Waals surface area contributed by atoms with E-state index in [1.165, 1.54) is 66.6 Å². The van der Waals surface area contributed by atoms with Gasteiger partial charge in [0, 0.05) is 42.1 Å². The molecule has 1 aromatic carbocycles. The SMILES string of the molecule is CC1CCCN1c1cncc(-c2cn(Cc3ccc4cc(CN5CCC(C)(C)CC5)[nH]c4c3)nn2)c1. The van der Waals surface area contributed by atoms with Crippen molar-refractivity contribution in [1.82, 2.24) is 29.9 Å². The van der Waals surface area contributed by atoms with Crippen LogP contribution in [0.15, 0.2) is 48.9 Å². The molecule has 4 aromatic rings. The van der Waals surface area contributed by atoms with E-state index >= 15 is 0 Å². The molecule has 0 radical (unpaired) electrons. The number of pyridine rings is 1. The first-order valence-electron chi connectivity index (χ1n) is 13.4. The normalized spacial score (nSPS) is 20.4. The Morgan fingerprint density at radius 1 is 1.03 bits per heavy atom. The number of likely N-dealkylation sites (tertiary alicyclic amines) is 1. The highest BCUT2D eigenvalue weighted by molar-refractivity contribution is 5.81. The number of anilines is 1. The lowest BCUT2D eigenvalue weighted by Gasteiger charge is -2.36. The number of hydrogen-bond donors (Lipinski definition) is 1. The Hall–Kier alpha value is -3.19. The molecule has 7 nitrogen and oxygen atoms in total. The second kappa shape index (κ2) is 9.36. The molecule has 3 aromatic heterocycles. The van der Waals surface area contributed by atoms with Crippen LogP contribution in [0.3, 0.4) is 0 Å². The molecular formula is C29H37N7. The quantitative estimate of drug-likeness (QED) is 0.393. The summed E-state index contributed by atoms with van der Waals surface area (Å²) in [5.41, 5.74) is 7.24. The van der Waals surface area contributed by atoms with E-state index in [1.807, 2.05) is 23.3 Å². The van der Waals surface area contributed by atoms with Crippen molar-refractivity contribution in [3.63, 3.8) is 0 Å². The van der Waals surface area contributed by atoms with E-state index in [9.17, 15) is 0 Å². The van der Waals surface area contributed by atoms with Crippen LogP contribution in [0.4, 0.5) is 5.69 Å². The van der Waals surface area contributed by atoms with Crippen molar-refractivity contribution in [1.29, 1.82) is 0 Å². The zero-order valence-corrected chi connectivity index (χ0v) is 21.7. The monoisotopic (exact) mass is 483 g/mol. The Kier molecular flexibility index (Phi) is 6.04. The van der Waals surface area contributed by atoms with Crippen molar-refractivity contribution < 1.29 is 0 Å². The summed E-state index contributed by atoms with van der Waals surface area (Å²) in [7, 11) is 0. The number of nitrogens with one attached hydrogen (secondary N) is 1. The molecule has 2 aliphatic heterocycles. The molecule has 0 amide bonds. The van der Waals surface area contributed by atoms with Crippen molar-refractivity contribution in [2.24, 2.45) is 5.41 Å². The maximum absolute atomic E-state index is 4.49. The van der Waals surface area contributed by atoms with Crippen molar-refractivity contribution in [3.8, 4) is 11.3 Å². The van der Waals surface area contributed by atoms with Crippen LogP contribution < -0.4 is 4.90 Å². The van der Waals surface area contributed by atoms with E-state index in [0.29, 0.717) is 18.0 Å². The molecule has 2 aliphatic rings. The van der Waals surface area contributed by atoms with Gasteiger partial charge in [-0.3, -0.25) is 9.88 Å². The molecule has 1 N–H and O–H groups in total. The molecule has 6 rings (SSSR count). The van der Waals surface area contributed by atoms with Crippen molar-refractivity contribution in [2.45, 2.75) is 65.6 Å². The van der Waals surface area contributed by atoms with Gasteiger partial charge in [0.25, 0.3) is 0 Å². The van der Waals surface area contributed by atoms with Gasteiger partial charge in [-0.15, -0.1) is 5.10 Å². The lowest BCUT2D eigenvalue weighted by molar-refractivity contribution is 0.126. The predicted molar refractivity (Wildman–Crippen MR) is 145 cm³/mol. The fraction of sp³-hybridized carbons (Fsp3) is 0.483. The molecule has 0 aliphatic carbocycles. The average molecular weight is 484 g/mol. The summed E-state index contributed by atoms with van der Waals surface area (Å²) in [4.78, 5) is 13.2. The fourth-order valence-corrected chi connectivity index (χ4v) is 5.71. The van der Waals surface area contributed by atoms with Gasteiger partial charge in [-0.1, -0.05) is 31.2 Å². The molecule has 0 bridgehead atoms. The summed E-state index contributed by atoms with van der Waals surface area (Å²) < 4.78 is 1.92. The highest BCUT2D eigenvalue weighted by atomic mass is 15.4. The third-order valence-electron chi connectivity index (χ3n) is 8.13. The highest BCUT2D eigenvalue weighted by Gasteiger charge is 2.25. The van der Waals surface area contributed by atoms with Crippen LogP contribution in [-0.4, -0.2) is 55.5 Å². The molecular weight excluding hydrogens is 446 g/mol. The number of H-pyrrole nitrogens is 1. The van der Waals surface area contributed by atoms with Crippen LogP contribution in [0.2, 0.25) is 0 Å². The standard InChI is InChI=1S/C29H37N7/c1-21-5-4-10-36(21)26-15-24(16-30-17-26)28-20-35(33-32-28)18-22-6-7-23-14-25(31-27(23)13-22)19-34-11-8-29(2,3)9-12-34/h6-7,13-17,20-21,31H,4-5,8-12,18-19H2,1-3H3. The summed E-state index contributed by atoms with van der Waals surface area (Å²) in [6.07, 6.45) is 10.9. The van der Waals surface area contributed by atoms with E-state index in [4.69, 9.17) is 0 Å². The summed E-state index contributed by atoms with van der Waals surface area (Å²) in [6.45, 7) is 12.2. The topological polar surface area (TPSA) is 65.9 Å². The average Bonchev–Trinajstić information content (AvgIpc) is 3.60. The van der Waals surface area contributed by atoms with Gasteiger partial charge < -0.3 is 9.88 Å². The Morgan fingerprint density at radius 3 is 2.69 bits per heavy atom. The summed E-state index contributed by atoms with van der Waals surface area (Å²) in [5, 5.41) is 10.1. The Balaban J connectivity index is 1.14. The summed E-state index contributed by atoms with van der Waals surface area (Å²) >= 11 is 0. The van der Waals surface area contributed by atoms with E-state index < -0.39 is 0 Å². The van der Waals surface area contributed by atoms with Gasteiger partial charge in [-0.25, -0.2) is 4.68 Å². The second-order valence-corrected chi connectivity index (χ2v) is 11.6. The molecule has 0 spiro atoms. The number of aromatic amines is 1. The van der Waals surface area contributed by atoms with E-state index in [2.05, 4.69) is 81.2 Å². The molecule has 0 saturated carbocycles. The van der Waals surface area contributed by atoms with Crippen LogP contribution in [0.25, 0.3) is 22.2 Å². The number of rotatable bonds is 6. The zero-order valence-electron chi connectivity index (χ0n) is 21.7. The molecule has 188 valence electrons. The molecule has 1 unspecified atom stereocenters. The Bertz CT molecular complexity index is 1340. The molecule has 36 heavy (non-hydrogen) atoms. The van der Waals surface area contributed by atoms with E-state index in [1.54, 1.807) is 0 Å². The summed E-state index contributed by atoms with van der Waals surface area (Å²) in [5.74, 6) is 0. The summed E-state index contributed by atoms with van der Waals surface area (Å²) in [6, 6.07) is 11.7. The first-order chi connectivity index (χ1) is 17.4. The first kappa shape index (κ1) is 23.2. The molecule has 2 saturated heterocycles. The molecule has 5 heterocycles. The third-order valence-corrected chi connectivity index (χ3v) is 8.13. The predicted octanol–water partition coefficient (Wildman–Crippen LogP) is 5.48. The van der Waals surface area contributed by atoms with Gasteiger partial charge in [0.15, 0.2) is 0 Å². The molecule has 7 heteroatoms. The fourth-order valence-electron chi connectivity index (χ4n) is 5.71. The number of nitrogens with zero attached hydrogens (tertiary/aromatic N) is 6. The number of fused-ring (bicyclic) bond motifs is 1. The first-order valence-corrected chi connectivity index (χ1v) is 13.4. The van der Waals surface area contributed by atoms with Crippen LogP contribution in [0.5, 0.6) is 0 Å². The van der Waals surface area contributed by atoms with Gasteiger partial charge in [0.05, 0.1) is 24.6 Å². The van der Waals surface area contributed by atoms with Gasteiger partial charge in [-0.05, 0) is 80.3 Å². The van der Waals surface area contributed by atoms with Crippen LogP contribution in [0, 0.1) is 5.41 Å². The largest absolute Gasteiger partial charge is 0.368 e. The minimum absolute atomic E-state index is 0.485. The number of piperidine rings is 1. The lowest BCUT2D eigenvalue weighted by Crippen LogP contribution is -2.36. The molecule has 1 atom stereocenters. The second-order valence-electron chi connectivity index (χ2n) is 11.6. The number of hydrogen-bond acceptors (Lipinski definition) is 5. The van der Waals surface area contributed by atoms with Gasteiger partial charge >= 0.3 is 0 Å². The van der Waals surface area contributed by atoms with Crippen LogP contribution in [0.1, 0.15) is 57.7 Å². The number of aromatic nitrogens is 5. The number of benzene rings is 1. The maximum atomic E-state index is 4.49. The minimum Gasteiger partial charge on any atom is -0.368 e. The van der Waals surface area contributed by atoms with Gasteiger partial charge in [-0.2, -0.15) is 0 Å². The van der Waals surface area contributed by atoms with E-state index in [-0.39, 0.29) is 0 Å². The van der Waals surface area contributed by atoms with Crippen molar-refractivity contribution in [3.05, 3.63) is 60.2 Å². The Morgan fingerprint density at radius 2 is 1.89 bits per heavy atom. The van der Waals surface area contributed by atoms with Gasteiger partial charge in [0.2, 0.25) is 0 Å².